The van der Waals surface area contributed by atoms with Gasteiger partial charge >= 0.3 is 5.97 Å². The van der Waals surface area contributed by atoms with E-state index in [2.05, 4.69) is 0 Å². The number of hydrogen-bond donors (Lipinski definition) is 2. The summed E-state index contributed by atoms with van der Waals surface area (Å²) in [4.78, 5) is 25.4. The number of aromatic hydroxyl groups is 1. The number of ether oxygens (including phenoxy) is 1. The van der Waals surface area contributed by atoms with Crippen LogP contribution in [0.3, 0.4) is 0 Å². The average molecular weight is 452 g/mol. The first-order valence-electron chi connectivity index (χ1n) is 10.4. The van der Waals surface area contributed by atoms with E-state index in [4.69, 9.17) is 22.1 Å². The molecule has 0 aliphatic carbocycles. The van der Waals surface area contributed by atoms with Gasteiger partial charge in [0.25, 0.3) is 5.91 Å². The first kappa shape index (κ1) is 24.2. The van der Waals surface area contributed by atoms with Crippen LogP contribution in [0, 0.1) is 0 Å². The van der Waals surface area contributed by atoms with Gasteiger partial charge < -0.3 is 14.9 Å². The van der Waals surface area contributed by atoms with Crippen LogP contribution in [0.15, 0.2) is 23.1 Å². The minimum absolute atomic E-state index is 0.0726. The predicted molar refractivity (Wildman–Crippen MR) is 124 cm³/mol. The fraction of sp³-hybridized carbons (Fsp3) is 0.500. The molecule has 2 N–H and O–H groups in total. The number of carboxylic acid groups (broad SMARTS) is 1. The van der Waals surface area contributed by atoms with Gasteiger partial charge in [0.15, 0.2) is 11.5 Å². The van der Waals surface area contributed by atoms with Crippen LogP contribution in [0.4, 0.5) is 0 Å². The monoisotopic (exact) mass is 451 g/mol. The lowest BCUT2D eigenvalue weighted by Crippen LogP contribution is -2.29. The highest BCUT2D eigenvalue weighted by Crippen LogP contribution is 2.34. The number of phenols is 1. The number of thioether (sulfide) groups is 1. The second kappa shape index (κ2) is 12.6. The Labute approximate surface area is 187 Å². The summed E-state index contributed by atoms with van der Waals surface area (Å²) in [5.41, 5.74) is 0.777. The number of carbonyl (C=O) groups is 2. The molecule has 1 aliphatic rings. The van der Waals surface area contributed by atoms with Crippen LogP contribution < -0.4 is 4.74 Å². The van der Waals surface area contributed by atoms with Crippen molar-refractivity contribution in [1.29, 1.82) is 0 Å². The summed E-state index contributed by atoms with van der Waals surface area (Å²) < 4.78 is 5.97. The van der Waals surface area contributed by atoms with Crippen molar-refractivity contribution in [3.05, 3.63) is 28.7 Å². The van der Waals surface area contributed by atoms with Gasteiger partial charge in [-0.25, -0.2) is 0 Å². The van der Waals surface area contributed by atoms with Gasteiger partial charge in [-0.1, -0.05) is 62.2 Å². The minimum atomic E-state index is -0.729. The molecule has 8 heteroatoms. The van der Waals surface area contributed by atoms with Gasteiger partial charge in [-0.3, -0.25) is 14.5 Å². The minimum Gasteiger partial charge on any atom is -0.504 e. The molecular formula is C22H29NO5S2. The molecule has 0 atom stereocenters. The summed E-state index contributed by atoms with van der Waals surface area (Å²) in [7, 11) is 0. The van der Waals surface area contributed by atoms with Crippen LogP contribution in [0.2, 0.25) is 0 Å². The third-order valence-electron chi connectivity index (χ3n) is 4.73. The molecule has 0 radical (unpaired) electrons. The van der Waals surface area contributed by atoms with Gasteiger partial charge in [-0.05, 0) is 43.5 Å². The third-order valence-corrected chi connectivity index (χ3v) is 6.11. The molecule has 1 heterocycles. The second-order valence-electron chi connectivity index (χ2n) is 7.11. The maximum Gasteiger partial charge on any atom is 0.303 e. The largest absolute Gasteiger partial charge is 0.504 e. The van der Waals surface area contributed by atoms with E-state index in [0.717, 1.165) is 50.5 Å². The Morgan fingerprint density at radius 2 is 1.83 bits per heavy atom. The zero-order valence-electron chi connectivity index (χ0n) is 17.3. The first-order chi connectivity index (χ1) is 14.4. The van der Waals surface area contributed by atoms with Crippen molar-refractivity contribution in [2.75, 3.05) is 13.2 Å². The molecule has 0 bridgehead atoms. The Morgan fingerprint density at radius 1 is 1.17 bits per heavy atom. The van der Waals surface area contributed by atoms with Crippen molar-refractivity contribution >= 4 is 46.3 Å². The van der Waals surface area contributed by atoms with Gasteiger partial charge in [0.2, 0.25) is 0 Å². The number of amides is 1. The standard InChI is InChI=1S/C22H29NO5S2/c1-2-28-18-14-16(11-12-17(18)24)15-19-21(27)23(22(29)30-19)13-9-7-5-3-4-6-8-10-20(25)26/h11-12,14-15,24H,2-10,13H2,1H3,(H,25,26)/b19-15-. The van der Waals surface area contributed by atoms with E-state index in [1.165, 1.54) is 11.8 Å². The Bertz CT molecular complexity index is 794. The summed E-state index contributed by atoms with van der Waals surface area (Å²) in [5.74, 6) is -0.342. The highest BCUT2D eigenvalue weighted by Gasteiger charge is 2.31. The first-order valence-corrected chi connectivity index (χ1v) is 11.6. The van der Waals surface area contributed by atoms with Crippen LogP contribution in [-0.4, -0.2) is 44.5 Å². The molecule has 1 amide bonds. The van der Waals surface area contributed by atoms with Crippen molar-refractivity contribution in [3.8, 4) is 11.5 Å². The maximum atomic E-state index is 12.7. The lowest BCUT2D eigenvalue weighted by atomic mass is 10.1. The van der Waals surface area contributed by atoms with Gasteiger partial charge in [0.05, 0.1) is 11.5 Å². The fourth-order valence-corrected chi connectivity index (χ4v) is 4.47. The highest BCUT2D eigenvalue weighted by atomic mass is 32.2. The predicted octanol–water partition coefficient (Wildman–Crippen LogP) is 5.20. The molecule has 1 fully saturated rings. The molecule has 0 saturated carbocycles. The number of benzene rings is 1. The van der Waals surface area contributed by atoms with E-state index in [-0.39, 0.29) is 18.1 Å². The van der Waals surface area contributed by atoms with Crippen molar-refractivity contribution in [1.82, 2.24) is 4.90 Å². The summed E-state index contributed by atoms with van der Waals surface area (Å²) >= 11 is 6.68. The molecular weight excluding hydrogens is 422 g/mol. The van der Waals surface area contributed by atoms with Crippen molar-refractivity contribution in [2.45, 2.75) is 58.3 Å². The normalized spacial score (nSPS) is 15.2. The summed E-state index contributed by atoms with van der Waals surface area (Å²) in [6, 6.07) is 5.00. The number of phenolic OH excluding ortho intramolecular Hbond substituents is 1. The number of unbranched alkanes of at least 4 members (excludes halogenated alkanes) is 6. The molecule has 1 aliphatic heterocycles. The average Bonchev–Trinajstić information content (AvgIpc) is 2.96. The number of thiocarbonyl (C=S) groups is 1. The van der Waals surface area contributed by atoms with E-state index in [1.54, 1.807) is 29.2 Å². The van der Waals surface area contributed by atoms with Crippen molar-refractivity contribution in [2.24, 2.45) is 0 Å². The van der Waals surface area contributed by atoms with Crippen molar-refractivity contribution in [3.63, 3.8) is 0 Å². The van der Waals surface area contributed by atoms with Gasteiger partial charge in [-0.2, -0.15) is 0 Å². The van der Waals surface area contributed by atoms with Crippen LogP contribution in [-0.2, 0) is 9.59 Å². The summed E-state index contributed by atoms with van der Waals surface area (Å²) in [6.07, 6.45) is 8.84. The summed E-state index contributed by atoms with van der Waals surface area (Å²) in [6.45, 7) is 2.90. The number of carboxylic acids is 1. The number of aliphatic carboxylic acids is 1. The number of hydrogen-bond acceptors (Lipinski definition) is 6. The summed E-state index contributed by atoms with van der Waals surface area (Å²) in [5, 5.41) is 18.4. The van der Waals surface area contributed by atoms with E-state index in [0.29, 0.717) is 28.1 Å². The van der Waals surface area contributed by atoms with Gasteiger partial charge in [0, 0.05) is 13.0 Å². The SMILES string of the molecule is CCOc1cc(/C=C2\SC(=S)N(CCCCCCCCCC(=O)O)C2=O)ccc1O. The Morgan fingerprint density at radius 3 is 2.50 bits per heavy atom. The molecule has 6 nitrogen and oxygen atoms in total. The van der Waals surface area contributed by atoms with Crippen LogP contribution in [0.25, 0.3) is 6.08 Å². The molecule has 1 aromatic carbocycles. The molecule has 2 rings (SSSR count). The molecule has 0 aromatic heterocycles. The zero-order chi connectivity index (χ0) is 21.9. The second-order valence-corrected chi connectivity index (χ2v) is 8.79. The van der Waals surface area contributed by atoms with Crippen LogP contribution in [0.5, 0.6) is 11.5 Å². The zero-order valence-corrected chi connectivity index (χ0v) is 18.9. The number of carbonyl (C=O) groups excluding carboxylic acids is 1. The maximum absolute atomic E-state index is 12.7. The van der Waals surface area contributed by atoms with E-state index in [9.17, 15) is 14.7 Å². The Hall–Kier alpha value is -2.06. The fourth-order valence-electron chi connectivity index (χ4n) is 3.17. The Balaban J connectivity index is 1.77. The van der Waals surface area contributed by atoms with Gasteiger partial charge in [0.1, 0.15) is 4.32 Å². The number of nitrogens with zero attached hydrogens (tertiary/aromatic N) is 1. The topological polar surface area (TPSA) is 87.1 Å². The quantitative estimate of drug-likeness (QED) is 0.242. The number of rotatable bonds is 13. The van der Waals surface area contributed by atoms with Gasteiger partial charge in [-0.15, -0.1) is 0 Å². The smallest absolute Gasteiger partial charge is 0.303 e. The van der Waals surface area contributed by atoms with E-state index >= 15 is 0 Å². The van der Waals surface area contributed by atoms with Crippen molar-refractivity contribution < 1.29 is 24.5 Å². The molecule has 0 unspecified atom stereocenters. The van der Waals surface area contributed by atoms with Crippen LogP contribution >= 0.6 is 24.0 Å². The lowest BCUT2D eigenvalue weighted by Gasteiger charge is -2.14. The lowest BCUT2D eigenvalue weighted by molar-refractivity contribution is -0.137. The molecule has 30 heavy (non-hydrogen) atoms. The highest BCUT2D eigenvalue weighted by molar-refractivity contribution is 8.26. The molecule has 164 valence electrons. The van der Waals surface area contributed by atoms with E-state index in [1.807, 2.05) is 6.92 Å². The van der Waals surface area contributed by atoms with Crippen LogP contribution in [0.1, 0.15) is 63.9 Å². The molecule has 1 aromatic rings. The van der Waals surface area contributed by atoms with E-state index < -0.39 is 5.97 Å². The molecule has 0 spiro atoms. The third kappa shape index (κ3) is 7.65. The Kier molecular flexibility index (Phi) is 10.2. The molecule has 1 saturated heterocycles.